The molecule has 0 saturated carbocycles. The molecule has 3 N–H and O–H groups in total. The fourth-order valence-corrected chi connectivity index (χ4v) is 4.64. The monoisotopic (exact) mass is 513 g/mol. The molecular formula is C24H20ClN3O6S. The van der Waals surface area contributed by atoms with Crippen molar-refractivity contribution in [2.75, 3.05) is 11.3 Å². The largest absolute Gasteiger partial charge is 0.481 e. The number of anilines is 1. The Labute approximate surface area is 207 Å². The summed E-state index contributed by atoms with van der Waals surface area (Å²) in [4.78, 5) is 26.3. The molecule has 0 radical (unpaired) electrons. The quantitative estimate of drug-likeness (QED) is 0.351. The second-order valence-corrected chi connectivity index (χ2v) is 9.25. The summed E-state index contributed by atoms with van der Waals surface area (Å²) in [5, 5.41) is 11.6. The molecule has 0 aliphatic carbocycles. The first-order chi connectivity index (χ1) is 16.6. The van der Waals surface area contributed by atoms with E-state index < -0.39 is 21.9 Å². The van der Waals surface area contributed by atoms with Crippen LogP contribution in [0.2, 0.25) is 5.02 Å². The van der Waals surface area contributed by atoms with Crippen LogP contribution in [-0.2, 0) is 21.2 Å². The highest BCUT2D eigenvalue weighted by molar-refractivity contribution is 7.93. The molecule has 180 valence electrons. The molecule has 0 unspecified atom stereocenters. The average Bonchev–Trinajstić information content (AvgIpc) is 2.80. The van der Waals surface area contributed by atoms with Crippen molar-refractivity contribution >= 4 is 44.9 Å². The zero-order chi connectivity index (χ0) is 25.6. The summed E-state index contributed by atoms with van der Waals surface area (Å²) in [6, 6.07) is 14.6. The molecule has 0 fully saturated rings. The molecule has 35 heavy (non-hydrogen) atoms. The molecule has 3 aromatic carbocycles. The molecule has 0 aliphatic heterocycles. The molecular weight excluding hydrogens is 494 g/mol. The Morgan fingerprint density at radius 1 is 1.11 bits per heavy atom. The SMILES string of the molecule is [C-]#[N+]c1c(Cl)cccc1S(=O)(=O)Nc1cc(C(=O)NCC)ccc1Oc1cccc(CC(=O)O)c1. The number of hydrogen-bond donors (Lipinski definition) is 3. The summed E-state index contributed by atoms with van der Waals surface area (Å²) in [6.45, 7) is 9.42. The van der Waals surface area contributed by atoms with Crippen LogP contribution >= 0.6 is 11.6 Å². The van der Waals surface area contributed by atoms with E-state index in [0.717, 1.165) is 0 Å². The van der Waals surface area contributed by atoms with E-state index >= 15 is 0 Å². The van der Waals surface area contributed by atoms with Crippen LogP contribution in [0.3, 0.4) is 0 Å². The van der Waals surface area contributed by atoms with Gasteiger partial charge in [-0.15, -0.1) is 0 Å². The number of carboxylic acids is 1. The topological polar surface area (TPSA) is 126 Å². The summed E-state index contributed by atoms with van der Waals surface area (Å²) >= 11 is 6.00. The van der Waals surface area contributed by atoms with Crippen molar-refractivity contribution in [1.29, 1.82) is 0 Å². The number of carbonyl (C=O) groups excluding carboxylic acids is 1. The number of rotatable bonds is 9. The smallest absolute Gasteiger partial charge is 0.307 e. The number of carboxylic acid groups (broad SMARTS) is 1. The minimum atomic E-state index is -4.31. The van der Waals surface area contributed by atoms with Gasteiger partial charge in [0.15, 0.2) is 5.75 Å². The number of aliphatic carboxylic acids is 1. The van der Waals surface area contributed by atoms with Crippen molar-refractivity contribution in [2.45, 2.75) is 18.2 Å². The summed E-state index contributed by atoms with van der Waals surface area (Å²) in [5.74, 6) is -1.12. The lowest BCUT2D eigenvalue weighted by atomic mass is 10.1. The van der Waals surface area contributed by atoms with Crippen molar-refractivity contribution in [1.82, 2.24) is 5.32 Å². The van der Waals surface area contributed by atoms with E-state index in [9.17, 15) is 18.0 Å². The van der Waals surface area contributed by atoms with Gasteiger partial charge in [0.2, 0.25) is 5.69 Å². The van der Waals surface area contributed by atoms with Gasteiger partial charge in [0.1, 0.15) is 5.75 Å². The zero-order valence-corrected chi connectivity index (χ0v) is 20.0. The van der Waals surface area contributed by atoms with E-state index in [1.807, 2.05) is 0 Å². The summed E-state index contributed by atoms with van der Waals surface area (Å²) in [5.41, 5.74) is 0.350. The number of amides is 1. The Bertz CT molecular complexity index is 1430. The third-order valence-electron chi connectivity index (χ3n) is 4.66. The number of hydrogen-bond acceptors (Lipinski definition) is 5. The predicted octanol–water partition coefficient (Wildman–Crippen LogP) is 4.86. The van der Waals surface area contributed by atoms with Crippen LogP contribution < -0.4 is 14.8 Å². The minimum Gasteiger partial charge on any atom is -0.481 e. The highest BCUT2D eigenvalue weighted by atomic mass is 35.5. The number of ether oxygens (including phenoxy) is 1. The van der Waals surface area contributed by atoms with Crippen LogP contribution in [0, 0.1) is 6.57 Å². The summed E-state index contributed by atoms with van der Waals surface area (Å²) in [6.07, 6.45) is -0.221. The molecule has 0 atom stereocenters. The van der Waals surface area contributed by atoms with Gasteiger partial charge in [-0.25, -0.2) is 13.3 Å². The molecule has 0 heterocycles. The first-order valence-electron chi connectivity index (χ1n) is 10.2. The number of halogens is 1. The van der Waals surface area contributed by atoms with Crippen LogP contribution in [-0.4, -0.2) is 31.9 Å². The Morgan fingerprint density at radius 3 is 2.54 bits per heavy atom. The lowest BCUT2D eigenvalue weighted by Gasteiger charge is -2.16. The minimum absolute atomic E-state index is 0.0225. The fourth-order valence-electron chi connectivity index (χ4n) is 3.14. The van der Waals surface area contributed by atoms with Crippen molar-refractivity contribution < 1.29 is 27.9 Å². The number of carbonyl (C=O) groups is 2. The Balaban J connectivity index is 2.05. The maximum Gasteiger partial charge on any atom is 0.307 e. The van der Waals surface area contributed by atoms with Crippen molar-refractivity contribution in [2.24, 2.45) is 0 Å². The molecule has 0 aliphatic rings. The number of nitrogens with zero attached hydrogens (tertiary/aromatic N) is 1. The number of nitrogens with one attached hydrogen (secondary N) is 2. The van der Waals surface area contributed by atoms with Crippen LogP contribution in [0.4, 0.5) is 11.4 Å². The van der Waals surface area contributed by atoms with Crippen molar-refractivity contribution in [3.8, 4) is 11.5 Å². The average molecular weight is 514 g/mol. The standard InChI is InChI=1S/C24H20ClN3O6S/c1-3-27-24(31)16-10-11-20(34-17-7-4-6-15(12-17)13-22(29)30)19(14-16)28-35(32,33)21-9-5-8-18(25)23(21)26-2/h4-12,14,28H,3,13H2,1H3,(H,27,31)(H,29,30). The van der Waals surface area contributed by atoms with E-state index in [0.29, 0.717) is 12.1 Å². The van der Waals surface area contributed by atoms with E-state index in [4.69, 9.17) is 28.0 Å². The Kier molecular flexibility index (Phi) is 7.96. The predicted molar refractivity (Wildman–Crippen MR) is 131 cm³/mol. The van der Waals surface area contributed by atoms with Gasteiger partial charge in [0.05, 0.1) is 23.6 Å². The highest BCUT2D eigenvalue weighted by Gasteiger charge is 2.23. The summed E-state index contributed by atoms with van der Waals surface area (Å²) < 4.78 is 34.6. The fraction of sp³-hybridized carbons (Fsp3) is 0.125. The maximum absolute atomic E-state index is 13.2. The maximum atomic E-state index is 13.2. The molecule has 0 aromatic heterocycles. The lowest BCUT2D eigenvalue weighted by Crippen LogP contribution is -2.23. The molecule has 11 heteroatoms. The van der Waals surface area contributed by atoms with Gasteiger partial charge < -0.3 is 15.2 Å². The van der Waals surface area contributed by atoms with E-state index in [-0.39, 0.29) is 44.8 Å². The molecule has 0 spiro atoms. The molecule has 0 bridgehead atoms. The highest BCUT2D eigenvalue weighted by Crippen LogP contribution is 2.36. The second kappa shape index (κ2) is 10.9. The van der Waals surface area contributed by atoms with E-state index in [1.54, 1.807) is 25.1 Å². The number of para-hydroxylation sites is 1. The molecule has 0 saturated heterocycles. The van der Waals surface area contributed by atoms with E-state index in [1.165, 1.54) is 42.5 Å². The third-order valence-corrected chi connectivity index (χ3v) is 6.36. The van der Waals surface area contributed by atoms with Crippen LogP contribution in [0.15, 0.2) is 65.6 Å². The Hall–Kier alpha value is -4.07. The molecule has 9 nitrogen and oxygen atoms in total. The molecule has 3 rings (SSSR count). The van der Waals surface area contributed by atoms with Gasteiger partial charge in [-0.05, 0) is 42.8 Å². The first kappa shape index (κ1) is 25.6. The third kappa shape index (κ3) is 6.29. The molecule has 1 amide bonds. The molecule has 3 aromatic rings. The summed E-state index contributed by atoms with van der Waals surface area (Å²) in [7, 11) is -4.31. The Morgan fingerprint density at radius 2 is 1.86 bits per heavy atom. The number of benzene rings is 3. The lowest BCUT2D eigenvalue weighted by molar-refractivity contribution is -0.136. The number of sulfonamides is 1. The van der Waals surface area contributed by atoms with Gasteiger partial charge in [-0.1, -0.05) is 41.9 Å². The van der Waals surface area contributed by atoms with Gasteiger partial charge in [-0.2, -0.15) is 0 Å². The van der Waals surface area contributed by atoms with Gasteiger partial charge >= 0.3 is 5.97 Å². The van der Waals surface area contributed by atoms with Crippen LogP contribution in [0.5, 0.6) is 11.5 Å². The van der Waals surface area contributed by atoms with E-state index in [2.05, 4.69) is 14.9 Å². The van der Waals surface area contributed by atoms with Crippen molar-refractivity contribution in [3.63, 3.8) is 0 Å². The zero-order valence-electron chi connectivity index (χ0n) is 18.4. The normalized spacial score (nSPS) is 10.8. The van der Waals surface area contributed by atoms with Gasteiger partial charge in [0, 0.05) is 17.1 Å². The second-order valence-electron chi connectivity index (χ2n) is 7.19. The van der Waals surface area contributed by atoms with Crippen LogP contribution in [0.25, 0.3) is 4.85 Å². The van der Waals surface area contributed by atoms with Crippen LogP contribution in [0.1, 0.15) is 22.8 Å². The van der Waals surface area contributed by atoms with Crippen molar-refractivity contribution in [3.05, 3.63) is 88.2 Å². The first-order valence-corrected chi connectivity index (χ1v) is 12.1. The van der Waals surface area contributed by atoms with Gasteiger partial charge in [0.25, 0.3) is 15.9 Å². The van der Waals surface area contributed by atoms with Gasteiger partial charge in [-0.3, -0.25) is 14.3 Å².